The molecule has 4 rings (SSSR count). The second-order valence-corrected chi connectivity index (χ2v) is 9.02. The Balaban J connectivity index is 1.69. The van der Waals surface area contributed by atoms with Crippen molar-refractivity contribution in [2.24, 2.45) is 5.92 Å². The topological polar surface area (TPSA) is 24.5 Å². The third-order valence-electron chi connectivity index (χ3n) is 6.47. The Bertz CT molecular complexity index is 946. The molecule has 3 aliphatic rings. The van der Waals surface area contributed by atoms with E-state index >= 15 is 0 Å². The first kappa shape index (κ1) is 21.7. The van der Waals surface area contributed by atoms with Gasteiger partial charge >= 0.3 is 0 Å². The van der Waals surface area contributed by atoms with Crippen LogP contribution in [0.5, 0.6) is 0 Å². The van der Waals surface area contributed by atoms with Crippen LogP contribution in [0.3, 0.4) is 0 Å². The van der Waals surface area contributed by atoms with Crippen molar-refractivity contribution in [2.75, 3.05) is 20.3 Å². The molecular weight excluding hydrogens is 380 g/mol. The summed E-state index contributed by atoms with van der Waals surface area (Å²) in [7, 11) is 1.74. The Labute approximate surface area is 187 Å². The Morgan fingerprint density at radius 3 is 2.77 bits per heavy atom. The first-order valence-electron chi connectivity index (χ1n) is 11.7. The summed E-state index contributed by atoms with van der Waals surface area (Å²) in [5.41, 5.74) is 7.00. The largest absolute Gasteiger partial charge is 0.383 e. The summed E-state index contributed by atoms with van der Waals surface area (Å²) in [4.78, 5) is 2.34. The molecule has 1 N–H and O–H groups in total. The van der Waals surface area contributed by atoms with Crippen molar-refractivity contribution in [1.82, 2.24) is 10.2 Å². The molecule has 1 heterocycles. The lowest BCUT2D eigenvalue weighted by Crippen LogP contribution is -2.36. The van der Waals surface area contributed by atoms with Crippen LogP contribution in [0.2, 0.25) is 0 Å². The molecule has 0 spiro atoms. The smallest absolute Gasteiger partial charge is 0.102 e. The van der Waals surface area contributed by atoms with Crippen LogP contribution in [0.4, 0.5) is 0 Å². The van der Waals surface area contributed by atoms with E-state index in [2.05, 4.69) is 91.8 Å². The van der Waals surface area contributed by atoms with Gasteiger partial charge in [0.05, 0.1) is 12.6 Å². The van der Waals surface area contributed by atoms with Crippen LogP contribution >= 0.6 is 0 Å². The molecule has 1 fully saturated rings. The molecule has 0 saturated heterocycles. The molecule has 31 heavy (non-hydrogen) atoms. The van der Waals surface area contributed by atoms with Crippen molar-refractivity contribution in [1.29, 1.82) is 0 Å². The molecule has 164 valence electrons. The minimum atomic E-state index is 0.304. The van der Waals surface area contributed by atoms with Gasteiger partial charge in [-0.1, -0.05) is 55.5 Å². The molecule has 0 aromatic heterocycles. The summed E-state index contributed by atoms with van der Waals surface area (Å²) in [5.74, 6) is 2.46. The van der Waals surface area contributed by atoms with Gasteiger partial charge in [0.25, 0.3) is 0 Å². The van der Waals surface area contributed by atoms with E-state index in [0.29, 0.717) is 18.6 Å². The van der Waals surface area contributed by atoms with Gasteiger partial charge in [0.15, 0.2) is 0 Å². The predicted octanol–water partition coefficient (Wildman–Crippen LogP) is 6.16. The molecule has 2 unspecified atom stereocenters. The number of methoxy groups -OCH3 is 1. The average molecular weight is 417 g/mol. The molecule has 1 saturated carbocycles. The number of ether oxygens (including phenoxy) is 1. The van der Waals surface area contributed by atoms with Gasteiger partial charge in [-0.3, -0.25) is 0 Å². The van der Waals surface area contributed by atoms with Crippen molar-refractivity contribution >= 4 is 5.57 Å². The Hall–Kier alpha value is -2.52. The van der Waals surface area contributed by atoms with Crippen LogP contribution in [-0.2, 0) is 4.74 Å². The highest BCUT2D eigenvalue weighted by molar-refractivity contribution is 5.78. The summed E-state index contributed by atoms with van der Waals surface area (Å²) in [6, 6.07) is 9.59. The van der Waals surface area contributed by atoms with Crippen LogP contribution in [0.15, 0.2) is 77.8 Å². The van der Waals surface area contributed by atoms with E-state index in [1.807, 2.05) is 0 Å². The van der Waals surface area contributed by atoms with Gasteiger partial charge in [-0.15, -0.1) is 0 Å². The molecule has 3 heteroatoms. The fraction of sp³-hybridized carbons (Fsp3) is 0.429. The highest BCUT2D eigenvalue weighted by atomic mass is 16.5. The maximum atomic E-state index is 5.22. The number of hydrogen-bond donors (Lipinski definition) is 1. The maximum Gasteiger partial charge on any atom is 0.102 e. The van der Waals surface area contributed by atoms with Crippen LogP contribution in [-0.4, -0.2) is 31.2 Å². The molecule has 3 nitrogen and oxygen atoms in total. The first-order chi connectivity index (χ1) is 15.1. The van der Waals surface area contributed by atoms with Crippen molar-refractivity contribution in [3.05, 3.63) is 88.9 Å². The van der Waals surface area contributed by atoms with E-state index in [0.717, 1.165) is 24.7 Å². The highest BCUT2D eigenvalue weighted by Crippen LogP contribution is 2.42. The quantitative estimate of drug-likeness (QED) is 0.514. The molecule has 2 atom stereocenters. The number of nitrogens with one attached hydrogen (secondary N) is 1. The van der Waals surface area contributed by atoms with Gasteiger partial charge in [0.2, 0.25) is 0 Å². The SMILES string of the molecule is C/C=C(/NCCOC)N1C=C(C2=C(c3cccc(C4CC4)c3)CC(C)C=C2)C=CC1C. The van der Waals surface area contributed by atoms with Crippen LogP contribution in [0.25, 0.3) is 5.57 Å². The Morgan fingerprint density at radius 2 is 2.03 bits per heavy atom. The van der Waals surface area contributed by atoms with Gasteiger partial charge in [0.1, 0.15) is 5.82 Å². The lowest BCUT2D eigenvalue weighted by atomic mass is 9.82. The van der Waals surface area contributed by atoms with Crippen molar-refractivity contribution in [3.8, 4) is 0 Å². The zero-order valence-electron chi connectivity index (χ0n) is 19.4. The lowest BCUT2D eigenvalue weighted by molar-refractivity contribution is 0.198. The van der Waals surface area contributed by atoms with Gasteiger partial charge in [-0.25, -0.2) is 0 Å². The van der Waals surface area contributed by atoms with E-state index in [4.69, 9.17) is 4.74 Å². The van der Waals surface area contributed by atoms with Crippen molar-refractivity contribution < 1.29 is 4.74 Å². The third-order valence-corrected chi connectivity index (χ3v) is 6.47. The van der Waals surface area contributed by atoms with Crippen molar-refractivity contribution in [2.45, 2.75) is 52.0 Å². The third kappa shape index (κ3) is 5.04. The molecule has 1 aromatic rings. The highest BCUT2D eigenvalue weighted by Gasteiger charge is 2.25. The normalized spacial score (nSPS) is 23.9. The molecule has 0 bridgehead atoms. The fourth-order valence-corrected chi connectivity index (χ4v) is 4.52. The summed E-state index contributed by atoms with van der Waals surface area (Å²) < 4.78 is 5.22. The molecule has 2 aliphatic carbocycles. The predicted molar refractivity (Wildman–Crippen MR) is 130 cm³/mol. The molecule has 1 aliphatic heterocycles. The first-order valence-corrected chi connectivity index (χ1v) is 11.7. The van der Waals surface area contributed by atoms with Crippen molar-refractivity contribution in [3.63, 3.8) is 0 Å². The Morgan fingerprint density at radius 1 is 1.19 bits per heavy atom. The summed E-state index contributed by atoms with van der Waals surface area (Å²) in [6.45, 7) is 8.13. The summed E-state index contributed by atoms with van der Waals surface area (Å²) in [6.07, 6.45) is 17.5. The van der Waals surface area contributed by atoms with Crippen LogP contribution < -0.4 is 5.32 Å². The van der Waals surface area contributed by atoms with E-state index in [-0.39, 0.29) is 0 Å². The molecule has 1 aromatic carbocycles. The van der Waals surface area contributed by atoms with Crippen LogP contribution in [0, 0.1) is 5.92 Å². The van der Waals surface area contributed by atoms with E-state index in [9.17, 15) is 0 Å². The minimum absolute atomic E-state index is 0.304. The van der Waals surface area contributed by atoms with Gasteiger partial charge < -0.3 is 15.0 Å². The zero-order valence-corrected chi connectivity index (χ0v) is 19.4. The summed E-state index contributed by atoms with van der Waals surface area (Å²) in [5, 5.41) is 3.52. The van der Waals surface area contributed by atoms with Crippen LogP contribution in [0.1, 0.15) is 57.1 Å². The fourth-order valence-electron chi connectivity index (χ4n) is 4.52. The standard InChI is InChI=1S/C28H36N2O/c1-5-28(29-15-16-31-4)30-19-25(11-10-21(30)3)26-14-9-20(2)17-27(26)24-8-6-7-23(18-24)22-12-13-22/h5-11,14,18-22,29H,12-13,15-17H2,1-4H3/b28-5-. The summed E-state index contributed by atoms with van der Waals surface area (Å²) >= 11 is 0. The second kappa shape index (κ2) is 9.74. The molecule has 0 radical (unpaired) electrons. The maximum absolute atomic E-state index is 5.22. The average Bonchev–Trinajstić information content (AvgIpc) is 3.63. The molecular formula is C28H36N2O. The lowest BCUT2D eigenvalue weighted by Gasteiger charge is -2.33. The number of nitrogens with zero attached hydrogens (tertiary/aromatic N) is 1. The monoisotopic (exact) mass is 416 g/mol. The number of rotatable bonds is 8. The zero-order chi connectivity index (χ0) is 21.8. The van der Waals surface area contributed by atoms with Gasteiger partial charge in [0, 0.05) is 19.9 Å². The number of allylic oxidation sites excluding steroid dienone is 7. The second-order valence-electron chi connectivity index (χ2n) is 9.02. The van der Waals surface area contributed by atoms with Gasteiger partial charge in [-0.2, -0.15) is 0 Å². The molecule has 0 amide bonds. The number of benzene rings is 1. The van der Waals surface area contributed by atoms with E-state index in [1.165, 1.54) is 40.7 Å². The van der Waals surface area contributed by atoms with Gasteiger partial charge in [-0.05, 0) is 78.9 Å². The van der Waals surface area contributed by atoms with E-state index in [1.54, 1.807) is 7.11 Å². The minimum Gasteiger partial charge on any atom is -0.383 e. The Kier molecular flexibility index (Phi) is 6.82. The number of hydrogen-bond acceptors (Lipinski definition) is 3. The van der Waals surface area contributed by atoms with E-state index < -0.39 is 0 Å².